The highest BCUT2D eigenvalue weighted by molar-refractivity contribution is 9.10. The standard InChI is InChI=1S/C23H18BrF2N3OS/c1-14-11-16(15(2)29(14)20-7-3-18(24)4-8-20)12-17(13-27)22(30)28-19-5-9-21(10-6-19)31-23(25)26/h3-12,23H,1-2H3,(H,28,30). The van der Waals surface area contributed by atoms with E-state index in [0.717, 1.165) is 27.1 Å². The van der Waals surface area contributed by atoms with Gasteiger partial charge in [0.25, 0.3) is 11.7 Å². The maximum atomic E-state index is 12.6. The minimum Gasteiger partial charge on any atom is -0.321 e. The summed E-state index contributed by atoms with van der Waals surface area (Å²) in [6.07, 6.45) is 1.55. The summed E-state index contributed by atoms with van der Waals surface area (Å²) >= 11 is 3.85. The van der Waals surface area contributed by atoms with E-state index in [9.17, 15) is 18.8 Å². The Morgan fingerprint density at radius 1 is 1.16 bits per heavy atom. The zero-order chi connectivity index (χ0) is 22.5. The van der Waals surface area contributed by atoms with Gasteiger partial charge in [-0.25, -0.2) is 0 Å². The van der Waals surface area contributed by atoms with Gasteiger partial charge in [0.15, 0.2) is 0 Å². The summed E-state index contributed by atoms with van der Waals surface area (Å²) in [5.41, 5.74) is 3.97. The Balaban J connectivity index is 1.83. The molecule has 158 valence electrons. The topological polar surface area (TPSA) is 57.8 Å². The third-order valence-electron chi connectivity index (χ3n) is 4.56. The second-order valence-corrected chi connectivity index (χ2v) is 8.64. The summed E-state index contributed by atoms with van der Waals surface area (Å²) in [7, 11) is 0. The van der Waals surface area contributed by atoms with Crippen molar-refractivity contribution in [2.24, 2.45) is 0 Å². The summed E-state index contributed by atoms with van der Waals surface area (Å²) in [6.45, 7) is 3.88. The van der Waals surface area contributed by atoms with Crippen LogP contribution in [0, 0.1) is 25.2 Å². The molecule has 0 aliphatic heterocycles. The third kappa shape index (κ3) is 5.63. The largest absolute Gasteiger partial charge is 0.321 e. The number of benzene rings is 2. The first-order valence-corrected chi connectivity index (χ1v) is 10.9. The molecule has 0 unspecified atom stereocenters. The van der Waals surface area contributed by atoms with Crippen LogP contribution in [0.5, 0.6) is 0 Å². The normalized spacial score (nSPS) is 11.5. The lowest BCUT2D eigenvalue weighted by atomic mass is 10.1. The van der Waals surface area contributed by atoms with Gasteiger partial charge >= 0.3 is 0 Å². The average Bonchev–Trinajstić information content (AvgIpc) is 3.01. The first kappa shape index (κ1) is 22.8. The van der Waals surface area contributed by atoms with Gasteiger partial charge in [-0.2, -0.15) is 14.0 Å². The van der Waals surface area contributed by atoms with Crippen molar-refractivity contribution in [1.82, 2.24) is 4.57 Å². The molecular weight excluding hydrogens is 484 g/mol. The van der Waals surface area contributed by atoms with Crippen LogP contribution >= 0.6 is 27.7 Å². The Morgan fingerprint density at radius 2 is 1.81 bits per heavy atom. The number of rotatable bonds is 6. The first-order valence-electron chi connectivity index (χ1n) is 9.21. The molecule has 1 heterocycles. The molecule has 1 amide bonds. The molecule has 0 radical (unpaired) electrons. The summed E-state index contributed by atoms with van der Waals surface area (Å²) < 4.78 is 27.9. The zero-order valence-corrected chi connectivity index (χ0v) is 19.1. The molecule has 8 heteroatoms. The molecule has 0 aliphatic rings. The van der Waals surface area contributed by atoms with E-state index in [1.165, 1.54) is 24.3 Å². The highest BCUT2D eigenvalue weighted by Gasteiger charge is 2.14. The summed E-state index contributed by atoms with van der Waals surface area (Å²) in [4.78, 5) is 13.0. The third-order valence-corrected chi connectivity index (χ3v) is 5.81. The van der Waals surface area contributed by atoms with Gasteiger partial charge in [0.1, 0.15) is 11.6 Å². The SMILES string of the molecule is Cc1cc(C=C(C#N)C(=O)Nc2ccc(SC(F)F)cc2)c(C)n1-c1ccc(Br)cc1. The Bertz CT molecular complexity index is 1160. The van der Waals surface area contributed by atoms with Crippen LogP contribution in [-0.2, 0) is 4.79 Å². The molecule has 0 atom stereocenters. The number of nitriles is 1. The number of hydrogen-bond acceptors (Lipinski definition) is 3. The number of carbonyl (C=O) groups is 1. The highest BCUT2D eigenvalue weighted by atomic mass is 79.9. The van der Waals surface area contributed by atoms with Gasteiger partial charge in [-0.15, -0.1) is 0 Å². The van der Waals surface area contributed by atoms with Crippen molar-refractivity contribution in [3.8, 4) is 11.8 Å². The van der Waals surface area contributed by atoms with E-state index in [1.807, 2.05) is 54.8 Å². The molecule has 0 aliphatic carbocycles. The van der Waals surface area contributed by atoms with E-state index in [0.29, 0.717) is 22.3 Å². The minimum atomic E-state index is -2.51. The van der Waals surface area contributed by atoms with Crippen molar-refractivity contribution in [1.29, 1.82) is 5.26 Å². The minimum absolute atomic E-state index is 0.0536. The van der Waals surface area contributed by atoms with Gasteiger partial charge < -0.3 is 9.88 Å². The quantitative estimate of drug-likeness (QED) is 0.231. The molecule has 3 aromatic rings. The van der Waals surface area contributed by atoms with Gasteiger partial charge in [-0.3, -0.25) is 4.79 Å². The second-order valence-electron chi connectivity index (χ2n) is 6.67. The fourth-order valence-corrected chi connectivity index (χ4v) is 3.91. The molecule has 3 rings (SSSR count). The fraction of sp³-hybridized carbons (Fsp3) is 0.130. The van der Waals surface area contributed by atoms with Gasteiger partial charge in [-0.1, -0.05) is 27.7 Å². The van der Waals surface area contributed by atoms with Crippen LogP contribution in [0.4, 0.5) is 14.5 Å². The molecular formula is C23H18BrF2N3OS. The van der Waals surface area contributed by atoms with Crippen LogP contribution in [0.3, 0.4) is 0 Å². The van der Waals surface area contributed by atoms with Gasteiger partial charge in [-0.05, 0) is 80.1 Å². The number of nitrogens with zero attached hydrogens (tertiary/aromatic N) is 2. The van der Waals surface area contributed by atoms with E-state index >= 15 is 0 Å². The van der Waals surface area contributed by atoms with Crippen LogP contribution in [0.2, 0.25) is 0 Å². The fourth-order valence-electron chi connectivity index (χ4n) is 3.14. The van der Waals surface area contributed by atoms with Crippen LogP contribution in [0.25, 0.3) is 11.8 Å². The van der Waals surface area contributed by atoms with Crippen molar-refractivity contribution in [2.45, 2.75) is 24.5 Å². The van der Waals surface area contributed by atoms with E-state index in [4.69, 9.17) is 0 Å². The number of aryl methyl sites for hydroxylation is 1. The van der Waals surface area contributed by atoms with Crippen LogP contribution in [-0.4, -0.2) is 16.2 Å². The first-order chi connectivity index (χ1) is 14.8. The van der Waals surface area contributed by atoms with E-state index < -0.39 is 11.7 Å². The lowest BCUT2D eigenvalue weighted by Crippen LogP contribution is -2.13. The number of nitrogens with one attached hydrogen (secondary N) is 1. The van der Waals surface area contributed by atoms with Crippen LogP contribution < -0.4 is 5.32 Å². The number of anilines is 1. The van der Waals surface area contributed by atoms with E-state index in [-0.39, 0.29) is 5.57 Å². The number of carbonyl (C=O) groups excluding carboxylic acids is 1. The van der Waals surface area contributed by atoms with Gasteiger partial charge in [0.2, 0.25) is 0 Å². The Morgan fingerprint density at radius 3 is 2.39 bits per heavy atom. The molecule has 2 aromatic carbocycles. The highest BCUT2D eigenvalue weighted by Crippen LogP contribution is 2.27. The molecule has 1 aromatic heterocycles. The van der Waals surface area contributed by atoms with E-state index in [1.54, 1.807) is 6.08 Å². The smallest absolute Gasteiger partial charge is 0.288 e. The molecule has 0 fully saturated rings. The van der Waals surface area contributed by atoms with Crippen molar-refractivity contribution >= 4 is 45.4 Å². The summed E-state index contributed by atoms with van der Waals surface area (Å²) in [6, 6.07) is 17.7. The Hall–Kier alpha value is -2.89. The van der Waals surface area contributed by atoms with Gasteiger partial charge in [0, 0.05) is 32.1 Å². The van der Waals surface area contributed by atoms with Crippen LogP contribution in [0.1, 0.15) is 17.0 Å². The van der Waals surface area contributed by atoms with Gasteiger partial charge in [0.05, 0.1) is 0 Å². The molecule has 4 nitrogen and oxygen atoms in total. The molecule has 31 heavy (non-hydrogen) atoms. The zero-order valence-electron chi connectivity index (χ0n) is 16.7. The number of alkyl halides is 2. The molecule has 0 saturated carbocycles. The maximum Gasteiger partial charge on any atom is 0.288 e. The molecule has 1 N–H and O–H groups in total. The lowest BCUT2D eigenvalue weighted by Gasteiger charge is -2.10. The molecule has 0 bridgehead atoms. The lowest BCUT2D eigenvalue weighted by molar-refractivity contribution is -0.112. The van der Waals surface area contributed by atoms with Crippen molar-refractivity contribution in [3.63, 3.8) is 0 Å². The Labute approximate surface area is 191 Å². The number of thioether (sulfide) groups is 1. The van der Waals surface area contributed by atoms with Crippen molar-refractivity contribution in [3.05, 3.63) is 81.6 Å². The van der Waals surface area contributed by atoms with E-state index in [2.05, 4.69) is 21.2 Å². The molecule has 0 saturated heterocycles. The summed E-state index contributed by atoms with van der Waals surface area (Å²) in [5.74, 6) is -3.07. The Kier molecular flexibility index (Phi) is 7.31. The monoisotopic (exact) mass is 501 g/mol. The number of aromatic nitrogens is 1. The average molecular weight is 502 g/mol. The number of halogens is 3. The summed E-state index contributed by atoms with van der Waals surface area (Å²) in [5, 5.41) is 12.1. The second kappa shape index (κ2) is 9.94. The van der Waals surface area contributed by atoms with Crippen molar-refractivity contribution < 1.29 is 13.6 Å². The maximum absolute atomic E-state index is 12.6. The van der Waals surface area contributed by atoms with Crippen LogP contribution in [0.15, 0.2) is 69.5 Å². The number of amides is 1. The van der Waals surface area contributed by atoms with Crippen molar-refractivity contribution in [2.75, 3.05) is 5.32 Å². The molecule has 0 spiro atoms. The number of hydrogen-bond donors (Lipinski definition) is 1. The predicted molar refractivity (Wildman–Crippen MR) is 123 cm³/mol. The predicted octanol–water partition coefficient (Wildman–Crippen LogP) is 6.72.